The van der Waals surface area contributed by atoms with Gasteiger partial charge in [-0.05, 0) is 49.1 Å². The van der Waals surface area contributed by atoms with E-state index in [0.717, 1.165) is 5.56 Å². The SMILES string of the molecule is CC(NC(=O)N1CCC(C(=O)O)CC1C)c1ccsc1. The fourth-order valence-electron chi connectivity index (χ4n) is 2.57. The van der Waals surface area contributed by atoms with Gasteiger partial charge < -0.3 is 15.3 Å². The fourth-order valence-corrected chi connectivity index (χ4v) is 3.33. The Balaban J connectivity index is 1.91. The maximum Gasteiger partial charge on any atom is 0.318 e. The monoisotopic (exact) mass is 296 g/mol. The van der Waals surface area contributed by atoms with E-state index in [2.05, 4.69) is 5.32 Å². The van der Waals surface area contributed by atoms with Gasteiger partial charge in [-0.2, -0.15) is 11.3 Å². The highest BCUT2D eigenvalue weighted by atomic mass is 32.1. The van der Waals surface area contributed by atoms with Gasteiger partial charge >= 0.3 is 12.0 Å². The zero-order chi connectivity index (χ0) is 14.7. The van der Waals surface area contributed by atoms with Gasteiger partial charge in [-0.3, -0.25) is 4.79 Å². The second-order valence-electron chi connectivity index (χ2n) is 5.33. The highest BCUT2D eigenvalue weighted by Gasteiger charge is 2.32. The van der Waals surface area contributed by atoms with E-state index in [4.69, 9.17) is 5.11 Å². The minimum Gasteiger partial charge on any atom is -0.481 e. The van der Waals surface area contributed by atoms with Crippen LogP contribution in [-0.2, 0) is 4.79 Å². The molecule has 1 aromatic heterocycles. The Labute approximate surface area is 122 Å². The second-order valence-corrected chi connectivity index (χ2v) is 6.11. The van der Waals surface area contributed by atoms with Crippen molar-refractivity contribution < 1.29 is 14.7 Å². The lowest BCUT2D eigenvalue weighted by Crippen LogP contribution is -2.50. The standard InChI is InChI=1S/C14H20N2O3S/c1-9-7-11(13(17)18)3-5-16(9)14(19)15-10(2)12-4-6-20-8-12/h4,6,8-11H,3,5,7H2,1-2H3,(H,15,19)(H,17,18). The molecular weight excluding hydrogens is 276 g/mol. The van der Waals surface area contributed by atoms with Crippen LogP contribution in [0, 0.1) is 5.92 Å². The summed E-state index contributed by atoms with van der Waals surface area (Å²) in [6.07, 6.45) is 1.05. The van der Waals surface area contributed by atoms with E-state index in [1.54, 1.807) is 16.2 Å². The molecule has 0 aromatic carbocycles. The molecule has 5 nitrogen and oxygen atoms in total. The van der Waals surface area contributed by atoms with Gasteiger partial charge in [0, 0.05) is 12.6 Å². The lowest BCUT2D eigenvalue weighted by Gasteiger charge is -2.36. The van der Waals surface area contributed by atoms with Crippen LogP contribution in [0.5, 0.6) is 0 Å². The first-order valence-electron chi connectivity index (χ1n) is 6.81. The summed E-state index contributed by atoms with van der Waals surface area (Å²) in [6.45, 7) is 4.36. The molecule has 1 aromatic rings. The average molecular weight is 296 g/mol. The molecule has 2 amide bonds. The van der Waals surface area contributed by atoms with E-state index >= 15 is 0 Å². The molecule has 20 heavy (non-hydrogen) atoms. The Kier molecular flexibility index (Phi) is 4.65. The van der Waals surface area contributed by atoms with E-state index in [-0.39, 0.29) is 24.0 Å². The molecule has 2 rings (SSSR count). The molecule has 1 fully saturated rings. The highest BCUT2D eigenvalue weighted by molar-refractivity contribution is 7.07. The number of hydrogen-bond donors (Lipinski definition) is 2. The summed E-state index contributed by atoms with van der Waals surface area (Å²) in [7, 11) is 0. The van der Waals surface area contributed by atoms with Crippen molar-refractivity contribution in [1.82, 2.24) is 10.2 Å². The average Bonchev–Trinajstić information content (AvgIpc) is 2.92. The number of thiophene rings is 1. The molecule has 1 aliphatic heterocycles. The maximum atomic E-state index is 12.3. The van der Waals surface area contributed by atoms with Crippen LogP contribution < -0.4 is 5.32 Å². The molecule has 0 spiro atoms. The summed E-state index contributed by atoms with van der Waals surface area (Å²) in [4.78, 5) is 25.0. The highest BCUT2D eigenvalue weighted by Crippen LogP contribution is 2.24. The van der Waals surface area contributed by atoms with Crippen LogP contribution in [0.1, 0.15) is 38.3 Å². The number of aliphatic carboxylic acids is 1. The van der Waals surface area contributed by atoms with Crippen LogP contribution in [0.25, 0.3) is 0 Å². The van der Waals surface area contributed by atoms with Gasteiger partial charge in [0.2, 0.25) is 0 Å². The van der Waals surface area contributed by atoms with Crippen molar-refractivity contribution in [3.05, 3.63) is 22.4 Å². The van der Waals surface area contributed by atoms with Gasteiger partial charge in [-0.25, -0.2) is 4.79 Å². The van der Waals surface area contributed by atoms with Crippen molar-refractivity contribution in [3.63, 3.8) is 0 Å². The van der Waals surface area contributed by atoms with Crippen molar-refractivity contribution in [2.24, 2.45) is 5.92 Å². The summed E-state index contributed by atoms with van der Waals surface area (Å²) in [5, 5.41) is 16.0. The number of rotatable bonds is 3. The zero-order valence-electron chi connectivity index (χ0n) is 11.7. The molecule has 0 saturated carbocycles. The van der Waals surface area contributed by atoms with Crippen LogP contribution in [0.2, 0.25) is 0 Å². The quantitative estimate of drug-likeness (QED) is 0.901. The van der Waals surface area contributed by atoms with Gasteiger partial charge in [0.25, 0.3) is 0 Å². The third kappa shape index (κ3) is 3.30. The Morgan fingerprint density at radius 1 is 1.55 bits per heavy atom. The van der Waals surface area contributed by atoms with Crippen LogP contribution >= 0.6 is 11.3 Å². The molecule has 110 valence electrons. The lowest BCUT2D eigenvalue weighted by atomic mass is 9.92. The number of carbonyl (C=O) groups excluding carboxylic acids is 1. The lowest BCUT2D eigenvalue weighted by molar-refractivity contribution is -0.143. The van der Waals surface area contributed by atoms with Crippen molar-refractivity contribution in [2.75, 3.05) is 6.54 Å². The minimum atomic E-state index is -0.761. The number of nitrogens with one attached hydrogen (secondary N) is 1. The minimum absolute atomic E-state index is 0.0295. The van der Waals surface area contributed by atoms with E-state index in [1.807, 2.05) is 30.7 Å². The van der Waals surface area contributed by atoms with Crippen molar-refractivity contribution in [2.45, 2.75) is 38.8 Å². The van der Waals surface area contributed by atoms with Crippen molar-refractivity contribution in [3.8, 4) is 0 Å². The third-order valence-corrected chi connectivity index (χ3v) is 4.57. The molecule has 3 atom stereocenters. The summed E-state index contributed by atoms with van der Waals surface area (Å²) in [5.41, 5.74) is 1.09. The van der Waals surface area contributed by atoms with Gasteiger partial charge in [0.1, 0.15) is 0 Å². The third-order valence-electron chi connectivity index (χ3n) is 3.87. The fraction of sp³-hybridized carbons (Fsp3) is 0.571. The Morgan fingerprint density at radius 3 is 2.85 bits per heavy atom. The Morgan fingerprint density at radius 2 is 2.30 bits per heavy atom. The number of urea groups is 1. The smallest absolute Gasteiger partial charge is 0.318 e. The molecule has 0 bridgehead atoms. The number of carboxylic acids is 1. The number of amides is 2. The number of hydrogen-bond acceptors (Lipinski definition) is 3. The second kappa shape index (κ2) is 6.26. The summed E-state index contributed by atoms with van der Waals surface area (Å²) in [5.74, 6) is -1.09. The van der Waals surface area contributed by atoms with Gasteiger partial charge in [-0.15, -0.1) is 0 Å². The molecule has 1 saturated heterocycles. The van der Waals surface area contributed by atoms with E-state index in [9.17, 15) is 9.59 Å². The van der Waals surface area contributed by atoms with Crippen molar-refractivity contribution >= 4 is 23.3 Å². The predicted octanol–water partition coefficient (Wildman–Crippen LogP) is 2.70. The van der Waals surface area contributed by atoms with E-state index < -0.39 is 5.97 Å². The van der Waals surface area contributed by atoms with Crippen LogP contribution in [0.3, 0.4) is 0 Å². The van der Waals surface area contributed by atoms with Gasteiger partial charge in [0.05, 0.1) is 12.0 Å². The predicted molar refractivity (Wildman–Crippen MR) is 77.8 cm³/mol. The normalized spacial score (nSPS) is 24.2. The summed E-state index contributed by atoms with van der Waals surface area (Å²) in [6, 6.07) is 1.81. The van der Waals surface area contributed by atoms with E-state index in [1.165, 1.54) is 0 Å². The first-order valence-corrected chi connectivity index (χ1v) is 7.75. The zero-order valence-corrected chi connectivity index (χ0v) is 12.5. The van der Waals surface area contributed by atoms with Gasteiger partial charge in [-0.1, -0.05) is 0 Å². The maximum absolute atomic E-state index is 12.3. The molecule has 0 aliphatic carbocycles. The van der Waals surface area contributed by atoms with Gasteiger partial charge in [0.15, 0.2) is 0 Å². The molecule has 0 radical (unpaired) electrons. The van der Waals surface area contributed by atoms with Crippen LogP contribution in [-0.4, -0.2) is 34.6 Å². The first kappa shape index (κ1) is 14.8. The number of nitrogens with zero attached hydrogens (tertiary/aromatic N) is 1. The topological polar surface area (TPSA) is 69.6 Å². The van der Waals surface area contributed by atoms with Crippen LogP contribution in [0.4, 0.5) is 4.79 Å². The van der Waals surface area contributed by atoms with E-state index in [0.29, 0.717) is 19.4 Å². The molecule has 2 heterocycles. The summed E-state index contributed by atoms with van der Waals surface area (Å²) >= 11 is 1.60. The molecule has 3 unspecified atom stereocenters. The molecule has 1 aliphatic rings. The number of carbonyl (C=O) groups is 2. The molecule has 6 heteroatoms. The number of carboxylic acid groups (broad SMARTS) is 1. The Hall–Kier alpha value is -1.56. The molecular formula is C14H20N2O3S. The van der Waals surface area contributed by atoms with Crippen LogP contribution in [0.15, 0.2) is 16.8 Å². The largest absolute Gasteiger partial charge is 0.481 e. The number of likely N-dealkylation sites (tertiary alicyclic amines) is 1. The Bertz CT molecular complexity index is 475. The first-order chi connectivity index (χ1) is 9.49. The summed E-state index contributed by atoms with van der Waals surface area (Å²) < 4.78 is 0. The number of piperidine rings is 1. The van der Waals surface area contributed by atoms with Crippen molar-refractivity contribution in [1.29, 1.82) is 0 Å². The molecule has 2 N–H and O–H groups in total.